The standard InChI is InChI=1S/C27H26N2O3.C25H22N2O3.C20H18BrNO3.C10H7BrO2.C10H13NO2.C7H10BNO2.CH4.ClH.Na.H2O/c1-2-32-26(30)16-21-8-3-4-12-25(21)29-27(31)22-14-20-10-6-11-23(20)24(15-22)19-9-5-7-18(13-19)17-28;26-15-16-5-3-7-17(11-16)22-13-20(12-18-8-4-9-21(18)22)25(30)27-23-10-2-1-6-19(23)14-24(28)29;1-2-25-19(23)12-14-6-3-4-9-18(14)22-20(24)15-10-13-7-5-8-16(13)17(21)11-15;11-9-5-7(10(12)13)4-6-2-1-3-8(6)9;1-2-13-10(12)7-8-5-3-4-6-9(8)11;9-5-6-2-1-3-7(4-6)8(10)11;;;;/h3-9,11-15H,2,10,16-17,28H2,1H3,(H,29,31);1-7,9-13H,8,14-15,26H2,(H,27,30)(H,28,29);3-6,8-11H,2,7,12H2,1H3,(H,22,24);1,3-5H,2H2,(H,12,13);3-6H,2,7,11H2,1H3;1-4,10-11H,5,9H2;1H4;1H;;1H2/q;;;;;;;;+1;/p-1. The summed E-state index contributed by atoms with van der Waals surface area (Å²) in [5, 5.41) is 44.2. The molecule has 15 rings (SSSR count). The van der Waals surface area contributed by atoms with E-state index in [4.69, 9.17) is 57.4 Å². The van der Waals surface area contributed by atoms with Gasteiger partial charge in [0.2, 0.25) is 0 Å². The normalized spacial score (nSPS) is 11.2. The number of aromatic carboxylic acids is 1. The second-order valence-electron chi connectivity index (χ2n) is 28.7. The molecule has 4 aliphatic rings. The van der Waals surface area contributed by atoms with Crippen LogP contribution in [-0.4, -0.2) is 100 Å². The topological polar surface area (TPSA) is 415 Å². The fourth-order valence-electron chi connectivity index (χ4n) is 14.0. The van der Waals surface area contributed by atoms with E-state index in [1.54, 1.807) is 93.6 Å². The van der Waals surface area contributed by atoms with Gasteiger partial charge in [0, 0.05) is 68.0 Å². The molecule has 0 fully saturated rings. The number of carbonyl (C=O) groups excluding carboxylic acids is 6. The number of carboxylic acid groups (broad SMARTS) is 2. The van der Waals surface area contributed by atoms with E-state index in [0.717, 1.165) is 135 Å². The molecule has 0 bridgehead atoms. The molecule has 4 aliphatic carbocycles. The minimum absolute atomic E-state index is 0. The third-order valence-electron chi connectivity index (χ3n) is 20.0. The first-order chi connectivity index (χ1) is 59.9. The van der Waals surface area contributed by atoms with Crippen molar-refractivity contribution in [3.05, 3.63) is 357 Å². The Morgan fingerprint density at radius 3 is 1.09 bits per heavy atom. The molecule has 28 heteroatoms. The molecule has 11 aromatic carbocycles. The van der Waals surface area contributed by atoms with Crippen LogP contribution in [0.4, 0.5) is 22.7 Å². The van der Waals surface area contributed by atoms with E-state index in [1.807, 2.05) is 152 Å². The Bertz CT molecular complexity index is 5900. The molecule has 0 heterocycles. The van der Waals surface area contributed by atoms with Crippen molar-refractivity contribution in [2.24, 2.45) is 17.2 Å². The maximum Gasteiger partial charge on any atom is 1.00 e. The van der Waals surface area contributed by atoms with Crippen LogP contribution in [0.2, 0.25) is 0 Å². The molecule has 0 spiro atoms. The minimum atomic E-state index is -1.40. The summed E-state index contributed by atoms with van der Waals surface area (Å²) in [6.45, 7) is 7.73. The molecule has 23 nitrogen and oxygen atoms in total. The summed E-state index contributed by atoms with van der Waals surface area (Å²) < 4.78 is 16.6. The summed E-state index contributed by atoms with van der Waals surface area (Å²) in [4.78, 5) is 95.6. The van der Waals surface area contributed by atoms with E-state index < -0.39 is 19.1 Å². The molecule has 0 aromatic heterocycles. The van der Waals surface area contributed by atoms with Gasteiger partial charge in [0.15, 0.2) is 0 Å². The third kappa shape index (κ3) is 29.8. The number of nitrogens with two attached hydrogens (primary N) is 4. The average Bonchev–Trinajstić information content (AvgIpc) is 1.57. The second-order valence-corrected chi connectivity index (χ2v) is 30.4. The summed E-state index contributed by atoms with van der Waals surface area (Å²) >= 11 is 6.88. The quantitative estimate of drug-likeness (QED) is 0.0116. The van der Waals surface area contributed by atoms with Crippen molar-refractivity contribution < 1.29 is 108 Å². The van der Waals surface area contributed by atoms with Crippen LogP contribution < -0.4 is 73.9 Å². The molecule has 0 saturated heterocycles. The zero-order chi connectivity index (χ0) is 88.8. The van der Waals surface area contributed by atoms with E-state index in [-0.39, 0.29) is 116 Å². The fourth-order valence-corrected chi connectivity index (χ4v) is 15.2. The predicted molar refractivity (Wildman–Crippen MR) is 512 cm³/mol. The van der Waals surface area contributed by atoms with E-state index in [1.165, 1.54) is 0 Å². The molecule has 11 aromatic rings. The van der Waals surface area contributed by atoms with Crippen LogP contribution in [0.25, 0.3) is 46.6 Å². The molecular weight excluding hydrogens is 1780 g/mol. The van der Waals surface area contributed by atoms with Gasteiger partial charge in [-0.2, -0.15) is 0 Å². The summed E-state index contributed by atoms with van der Waals surface area (Å²) in [5.74, 6) is -3.37. The maximum atomic E-state index is 13.2. The Morgan fingerprint density at radius 2 is 0.719 bits per heavy atom. The van der Waals surface area contributed by atoms with Crippen molar-refractivity contribution in [1.29, 1.82) is 0 Å². The zero-order valence-corrected chi connectivity index (χ0v) is 76.6. The van der Waals surface area contributed by atoms with Gasteiger partial charge in [-0.05, 0) is 243 Å². The van der Waals surface area contributed by atoms with Gasteiger partial charge < -0.3 is 78.8 Å². The van der Waals surface area contributed by atoms with E-state index >= 15 is 0 Å². The summed E-state index contributed by atoms with van der Waals surface area (Å²) in [7, 11) is -1.40. The number of esters is 3. The summed E-state index contributed by atoms with van der Waals surface area (Å²) in [6.07, 6.45) is 20.1. The van der Waals surface area contributed by atoms with E-state index in [9.17, 15) is 38.4 Å². The van der Waals surface area contributed by atoms with Crippen LogP contribution in [0.3, 0.4) is 0 Å². The van der Waals surface area contributed by atoms with Crippen molar-refractivity contribution in [2.45, 2.75) is 99.2 Å². The number of benzene rings is 11. The van der Waals surface area contributed by atoms with Gasteiger partial charge in [-0.3, -0.25) is 33.6 Å². The van der Waals surface area contributed by atoms with Crippen molar-refractivity contribution >= 4 is 151 Å². The van der Waals surface area contributed by atoms with Crippen molar-refractivity contribution in [3.8, 4) is 22.3 Å². The largest absolute Gasteiger partial charge is 1.00 e. The number of allylic oxidation sites excluding steroid dienone is 4. The number of nitrogens with one attached hydrogen (secondary N) is 3. The Morgan fingerprint density at radius 1 is 0.398 bits per heavy atom. The molecule has 0 saturated carbocycles. The number of nitrogen functional groups attached to an aromatic ring is 1. The van der Waals surface area contributed by atoms with E-state index in [0.29, 0.717) is 95.5 Å². The number of anilines is 4. The van der Waals surface area contributed by atoms with Gasteiger partial charge in [0.1, 0.15) is 0 Å². The van der Waals surface area contributed by atoms with Crippen LogP contribution in [0.1, 0.15) is 153 Å². The molecular formula is C100H102BBr2ClN7NaO16. The van der Waals surface area contributed by atoms with Gasteiger partial charge in [-0.25, -0.2) is 4.79 Å². The summed E-state index contributed by atoms with van der Waals surface area (Å²) in [5.41, 5.74) is 46.3. The maximum absolute atomic E-state index is 13.2. The van der Waals surface area contributed by atoms with Gasteiger partial charge in [0.25, 0.3) is 17.7 Å². The molecule has 0 aliphatic heterocycles. The monoisotopic (exact) mass is 1880 g/mol. The van der Waals surface area contributed by atoms with Crippen molar-refractivity contribution in [2.75, 3.05) is 41.5 Å². The van der Waals surface area contributed by atoms with Crippen LogP contribution in [0.15, 0.2) is 252 Å². The number of aliphatic carboxylic acids is 1. The second kappa shape index (κ2) is 52.3. The number of amides is 3. The molecule has 0 atom stereocenters. The van der Waals surface area contributed by atoms with Gasteiger partial charge >= 0.3 is 66.5 Å². The number of carbonyl (C=O) groups is 8. The Labute approximate surface area is 790 Å². The first-order valence-corrected chi connectivity index (χ1v) is 41.8. The van der Waals surface area contributed by atoms with E-state index in [2.05, 4.69) is 90.3 Å². The van der Waals surface area contributed by atoms with Gasteiger partial charge in [0.05, 0.1) is 51.1 Å². The molecule has 0 radical (unpaired) electrons. The first-order valence-electron chi connectivity index (χ1n) is 40.2. The third-order valence-corrected chi connectivity index (χ3v) is 21.3. The molecule has 0 unspecified atom stereocenters. The minimum Gasteiger partial charge on any atom is -0.870 e. The van der Waals surface area contributed by atoms with Crippen LogP contribution in [0.5, 0.6) is 0 Å². The first kappa shape index (κ1) is 105. The number of fused-ring (bicyclic) bond motifs is 4. The molecule has 3 amide bonds. The van der Waals surface area contributed by atoms with Gasteiger partial charge in [-0.15, -0.1) is 12.4 Å². The number of hydrogen-bond acceptors (Lipinski definition) is 18. The van der Waals surface area contributed by atoms with Crippen molar-refractivity contribution in [3.63, 3.8) is 0 Å². The fraction of sp³-hybridized carbons (Fsp3) is 0.180. The van der Waals surface area contributed by atoms with Crippen LogP contribution in [-0.2, 0) is 104 Å². The molecule has 128 heavy (non-hydrogen) atoms. The van der Waals surface area contributed by atoms with Crippen LogP contribution in [0, 0.1) is 0 Å². The number of para-hydroxylation sites is 4. The Kier molecular flexibility index (Phi) is 42.9. The summed E-state index contributed by atoms with van der Waals surface area (Å²) in [6, 6.07) is 66.6. The number of carboxylic acids is 2. The zero-order valence-electron chi connectivity index (χ0n) is 70.6. The molecule has 16 N–H and O–H groups in total. The predicted octanol–water partition coefficient (Wildman–Crippen LogP) is 14.2. The molecule has 658 valence electrons. The average molecular weight is 1890 g/mol. The van der Waals surface area contributed by atoms with Crippen LogP contribution >= 0.6 is 44.3 Å². The van der Waals surface area contributed by atoms with Crippen molar-refractivity contribution in [1.82, 2.24) is 0 Å². The number of ether oxygens (including phenoxy) is 3. The number of halogens is 3. The smallest absolute Gasteiger partial charge is 0.870 e. The number of hydrogen-bond donors (Lipinski definition) is 11. The Balaban J connectivity index is 0.000000246. The van der Waals surface area contributed by atoms with Gasteiger partial charge in [-0.1, -0.05) is 221 Å². The number of rotatable bonds is 24. The SMILES string of the molecule is C.CCOC(=O)Cc1ccccc1N.CCOC(=O)Cc1ccccc1NC(=O)c1cc(Br)c2c(c1)CC=C2.CCOC(=O)Cc1ccccc1NC(=O)c1cc2c(c(-c3cccc(CN)c3)c1)C=CC2.Cl.NCc1cccc(-c2cc(C(=O)Nc3ccccc3CC(=O)O)cc3c2C=CC3)c1.NCc1cccc(B(O)O)c1.O=C(O)c1cc(Br)c2c(c1)CC=C2.[Na+].[OH-]. The Hall–Kier alpha value is -12.0.